The normalized spacial score (nSPS) is 23.4. The fourth-order valence-corrected chi connectivity index (χ4v) is 6.05. The van der Waals surface area contributed by atoms with E-state index < -0.39 is 25.1 Å². The first-order valence-electron chi connectivity index (χ1n) is 4.72. The van der Waals surface area contributed by atoms with Crippen LogP contribution in [0.2, 0.25) is 0 Å². The number of rotatable bonds is 1. The lowest BCUT2D eigenvalue weighted by atomic mass is 10.1. The quantitative estimate of drug-likeness (QED) is 0.835. The van der Waals surface area contributed by atoms with E-state index in [0.29, 0.717) is 28.9 Å². The lowest BCUT2D eigenvalue weighted by Gasteiger charge is -2.20. The molecular formula is C9H11NO4S3. The summed E-state index contributed by atoms with van der Waals surface area (Å²) in [5.74, 6) is 0. The van der Waals surface area contributed by atoms with Gasteiger partial charge in [0.1, 0.15) is 8.42 Å². The second kappa shape index (κ2) is 3.64. The van der Waals surface area contributed by atoms with Gasteiger partial charge in [-0.1, -0.05) is 6.58 Å². The summed E-state index contributed by atoms with van der Waals surface area (Å²) in [4.78, 5) is 0. The molecule has 1 aliphatic heterocycles. The number of thiophene rings is 1. The maximum absolute atomic E-state index is 12.0. The summed E-state index contributed by atoms with van der Waals surface area (Å²) in [7, 11) is -7.33. The molecule has 0 bridgehead atoms. The number of allylic oxidation sites excluding steroid dienone is 1. The van der Waals surface area contributed by atoms with Crippen LogP contribution >= 0.6 is 11.3 Å². The van der Waals surface area contributed by atoms with Gasteiger partial charge in [-0.2, -0.15) is 0 Å². The molecule has 0 amide bonds. The van der Waals surface area contributed by atoms with Gasteiger partial charge in [0, 0.05) is 5.56 Å². The molecule has 0 fully saturated rings. The highest BCUT2D eigenvalue weighted by Crippen LogP contribution is 2.42. The second-order valence-corrected chi connectivity index (χ2v) is 9.38. The van der Waals surface area contributed by atoms with Crippen LogP contribution < -0.4 is 5.14 Å². The van der Waals surface area contributed by atoms with Gasteiger partial charge in [-0.15, -0.1) is 11.3 Å². The number of nitrogens with two attached hydrogens (primary N) is 1. The largest absolute Gasteiger partial charge is 0.247 e. The summed E-state index contributed by atoms with van der Waals surface area (Å²) >= 11 is 0.695. The zero-order valence-corrected chi connectivity index (χ0v) is 11.5. The topological polar surface area (TPSA) is 94.3 Å². The van der Waals surface area contributed by atoms with Crippen LogP contribution in [-0.4, -0.2) is 22.1 Å². The Kier molecular flexibility index (Phi) is 2.73. The molecule has 2 rings (SSSR count). The smallest absolute Gasteiger partial charge is 0.224 e. The van der Waals surface area contributed by atoms with Crippen LogP contribution in [0.15, 0.2) is 21.1 Å². The molecule has 2 heterocycles. The molecule has 0 spiro atoms. The standard InChI is InChI=1S/C9H11NO4S3/c1-5-3-6(2)16(11,12)9-7(5)4-8(15-9)17(10,13)14/h4,6H,1,3H2,2H3,(H2,10,13,14)/t6-/m0/s1. The third-order valence-corrected chi connectivity index (χ3v) is 7.92. The zero-order valence-electron chi connectivity index (χ0n) is 9.00. The van der Waals surface area contributed by atoms with E-state index in [1.807, 2.05) is 0 Å². The van der Waals surface area contributed by atoms with E-state index in [2.05, 4.69) is 6.58 Å². The molecule has 94 valence electrons. The van der Waals surface area contributed by atoms with E-state index >= 15 is 0 Å². The van der Waals surface area contributed by atoms with Crippen LogP contribution in [0.1, 0.15) is 18.9 Å². The van der Waals surface area contributed by atoms with Crippen LogP contribution in [0.4, 0.5) is 0 Å². The molecule has 0 saturated carbocycles. The predicted octanol–water partition coefficient (Wildman–Crippen LogP) is 0.975. The molecule has 5 nitrogen and oxygen atoms in total. The van der Waals surface area contributed by atoms with E-state index in [1.165, 1.54) is 6.07 Å². The van der Waals surface area contributed by atoms with Gasteiger partial charge in [0.05, 0.1) is 5.25 Å². The average Bonchev–Trinajstić information content (AvgIpc) is 2.59. The first kappa shape index (κ1) is 12.7. The summed E-state index contributed by atoms with van der Waals surface area (Å²) in [6, 6.07) is 1.29. The molecule has 8 heteroatoms. The number of sulfone groups is 1. The third-order valence-electron chi connectivity index (χ3n) is 2.66. The summed E-state index contributed by atoms with van der Waals surface area (Å²) in [6.45, 7) is 5.36. The minimum atomic E-state index is -3.88. The molecule has 2 N–H and O–H groups in total. The van der Waals surface area contributed by atoms with Gasteiger partial charge in [-0.3, -0.25) is 0 Å². The van der Waals surface area contributed by atoms with Crippen molar-refractivity contribution in [3.8, 4) is 0 Å². The van der Waals surface area contributed by atoms with Crippen LogP contribution in [0.5, 0.6) is 0 Å². The number of sulfonamides is 1. The van der Waals surface area contributed by atoms with Gasteiger partial charge in [-0.05, 0) is 25.0 Å². The van der Waals surface area contributed by atoms with Crippen molar-refractivity contribution in [1.29, 1.82) is 0 Å². The van der Waals surface area contributed by atoms with Crippen molar-refractivity contribution in [3.05, 3.63) is 18.2 Å². The van der Waals surface area contributed by atoms with Crippen LogP contribution in [0.25, 0.3) is 5.57 Å². The van der Waals surface area contributed by atoms with Gasteiger partial charge < -0.3 is 0 Å². The number of fused-ring (bicyclic) bond motifs is 1. The SMILES string of the molecule is C=C1C[C@H](C)S(=O)(=O)c2sc(S(N)(=O)=O)cc21. The monoisotopic (exact) mass is 293 g/mol. The van der Waals surface area contributed by atoms with Crippen molar-refractivity contribution < 1.29 is 16.8 Å². The van der Waals surface area contributed by atoms with Gasteiger partial charge in [0.15, 0.2) is 9.84 Å². The molecule has 0 aromatic carbocycles. The predicted molar refractivity (Wildman–Crippen MR) is 66.0 cm³/mol. The minimum Gasteiger partial charge on any atom is -0.224 e. The van der Waals surface area contributed by atoms with Crippen molar-refractivity contribution in [2.45, 2.75) is 27.0 Å². The zero-order chi connectivity index (χ0) is 13.0. The fourth-order valence-electron chi connectivity index (χ4n) is 1.70. The first-order valence-corrected chi connectivity index (χ1v) is 8.63. The average molecular weight is 293 g/mol. The van der Waals surface area contributed by atoms with Crippen molar-refractivity contribution >= 4 is 36.8 Å². The molecule has 0 aliphatic carbocycles. The summed E-state index contributed by atoms with van der Waals surface area (Å²) in [5, 5.41) is 4.42. The van der Waals surface area contributed by atoms with Crippen molar-refractivity contribution in [2.24, 2.45) is 5.14 Å². The van der Waals surface area contributed by atoms with Gasteiger partial charge in [0.25, 0.3) is 0 Å². The third kappa shape index (κ3) is 1.95. The van der Waals surface area contributed by atoms with Gasteiger partial charge in [-0.25, -0.2) is 22.0 Å². The molecule has 0 radical (unpaired) electrons. The Hall–Kier alpha value is -0.700. The molecule has 1 aromatic heterocycles. The van der Waals surface area contributed by atoms with Crippen molar-refractivity contribution in [3.63, 3.8) is 0 Å². The highest BCUT2D eigenvalue weighted by atomic mass is 32.3. The second-order valence-electron chi connectivity index (χ2n) is 3.97. The van der Waals surface area contributed by atoms with Crippen LogP contribution in [0.3, 0.4) is 0 Å². The van der Waals surface area contributed by atoms with E-state index in [1.54, 1.807) is 6.92 Å². The Morgan fingerprint density at radius 3 is 2.65 bits per heavy atom. The van der Waals surface area contributed by atoms with E-state index in [9.17, 15) is 16.8 Å². The Balaban J connectivity index is 2.77. The molecule has 0 unspecified atom stereocenters. The van der Waals surface area contributed by atoms with Gasteiger partial charge in [0.2, 0.25) is 10.0 Å². The number of hydrogen-bond acceptors (Lipinski definition) is 5. The van der Waals surface area contributed by atoms with E-state index in [4.69, 9.17) is 5.14 Å². The molecule has 1 atom stereocenters. The fraction of sp³-hybridized carbons (Fsp3) is 0.333. The maximum atomic E-state index is 12.0. The summed E-state index contributed by atoms with van der Waals surface area (Å²) in [5.41, 5.74) is 1.02. The summed E-state index contributed by atoms with van der Waals surface area (Å²) < 4.78 is 46.4. The molecule has 1 aromatic rings. The molecular weight excluding hydrogens is 282 g/mol. The van der Waals surface area contributed by atoms with E-state index in [0.717, 1.165) is 0 Å². The number of primary sulfonamides is 1. The summed E-state index contributed by atoms with van der Waals surface area (Å²) in [6.07, 6.45) is 0.316. The maximum Gasteiger partial charge on any atom is 0.247 e. The lowest BCUT2D eigenvalue weighted by Crippen LogP contribution is -2.22. The Morgan fingerprint density at radius 2 is 2.12 bits per heavy atom. The molecule has 0 saturated heterocycles. The van der Waals surface area contributed by atoms with E-state index in [-0.39, 0.29) is 8.42 Å². The van der Waals surface area contributed by atoms with Crippen LogP contribution in [0, 0.1) is 0 Å². The Labute approximate surface area is 104 Å². The number of hydrogen-bond donors (Lipinski definition) is 1. The minimum absolute atomic E-state index is 0.0604. The van der Waals surface area contributed by atoms with Gasteiger partial charge >= 0.3 is 0 Å². The Bertz CT molecular complexity index is 697. The molecule has 1 aliphatic rings. The van der Waals surface area contributed by atoms with Crippen molar-refractivity contribution in [2.75, 3.05) is 0 Å². The first-order chi connectivity index (χ1) is 7.64. The van der Waals surface area contributed by atoms with Crippen LogP contribution in [-0.2, 0) is 19.9 Å². The highest BCUT2D eigenvalue weighted by Gasteiger charge is 2.36. The Morgan fingerprint density at radius 1 is 1.53 bits per heavy atom. The molecule has 17 heavy (non-hydrogen) atoms. The highest BCUT2D eigenvalue weighted by molar-refractivity contribution is 7.95. The van der Waals surface area contributed by atoms with Crippen molar-refractivity contribution in [1.82, 2.24) is 0 Å². The lowest BCUT2D eigenvalue weighted by molar-refractivity contribution is 0.583.